The van der Waals surface area contributed by atoms with Crippen molar-refractivity contribution in [2.45, 2.75) is 44.2 Å². The second-order valence-corrected chi connectivity index (χ2v) is 7.22. The lowest BCUT2D eigenvalue weighted by atomic mass is 9.85. The summed E-state index contributed by atoms with van der Waals surface area (Å²) in [5.41, 5.74) is 2.12. The summed E-state index contributed by atoms with van der Waals surface area (Å²) in [4.78, 5) is 24.6. The average molecular weight is 369 g/mol. The maximum Gasteiger partial charge on any atom is 0.307 e. The second kappa shape index (κ2) is 7.06. The van der Waals surface area contributed by atoms with E-state index in [4.69, 9.17) is 9.47 Å². The number of rotatable bonds is 5. The molecule has 0 bridgehead atoms. The summed E-state index contributed by atoms with van der Waals surface area (Å²) < 4.78 is 10.8. The van der Waals surface area contributed by atoms with Crippen LogP contribution in [0.4, 0.5) is 0 Å². The molecule has 2 N–H and O–H groups in total. The van der Waals surface area contributed by atoms with Crippen LogP contribution in [0.25, 0.3) is 11.3 Å². The number of hydrogen-bond donors (Lipinski definition) is 2. The first kappa shape index (κ1) is 17.6. The maximum absolute atomic E-state index is 12.8. The molecule has 0 unspecified atom stereocenters. The summed E-state index contributed by atoms with van der Waals surface area (Å²) >= 11 is 0. The number of methoxy groups -OCH3 is 1. The molecule has 4 rings (SSSR count). The van der Waals surface area contributed by atoms with Gasteiger partial charge in [-0.2, -0.15) is 5.10 Å². The molecule has 2 aromatic rings. The van der Waals surface area contributed by atoms with Crippen LogP contribution in [-0.2, 0) is 20.9 Å². The van der Waals surface area contributed by atoms with Crippen LogP contribution >= 0.6 is 0 Å². The monoisotopic (exact) mass is 369 g/mol. The molecule has 1 saturated heterocycles. The van der Waals surface area contributed by atoms with Crippen molar-refractivity contribution < 1.29 is 19.1 Å². The Kier molecular flexibility index (Phi) is 4.59. The van der Waals surface area contributed by atoms with Crippen molar-refractivity contribution in [3.8, 4) is 17.0 Å². The van der Waals surface area contributed by atoms with Gasteiger partial charge in [-0.15, -0.1) is 0 Å². The standard InChI is InChI=1S/C20H23N3O4/c1-26-15-6-4-13(5-7-15)18-14(12-22-23-18)11-21-19(25)16-10-17(24)27-20(16)8-2-3-9-20/h4-7,12,16H,2-3,8-11H2,1H3,(H,21,25)(H,22,23)/t16-/m1/s1. The predicted octanol–water partition coefficient (Wildman–Crippen LogP) is 2.58. The minimum Gasteiger partial charge on any atom is -0.497 e. The molecular weight excluding hydrogens is 346 g/mol. The van der Waals surface area contributed by atoms with E-state index in [1.807, 2.05) is 24.3 Å². The molecule has 7 heteroatoms. The summed E-state index contributed by atoms with van der Waals surface area (Å²) in [6, 6.07) is 7.64. The van der Waals surface area contributed by atoms with Crippen molar-refractivity contribution in [2.24, 2.45) is 5.92 Å². The molecule has 1 saturated carbocycles. The number of nitrogens with one attached hydrogen (secondary N) is 2. The SMILES string of the molecule is COc1ccc(-c2[nH]ncc2CNC(=O)[C@H]2CC(=O)OC23CCCC3)cc1. The molecule has 1 spiro atoms. The number of esters is 1. The Balaban J connectivity index is 1.45. The molecule has 7 nitrogen and oxygen atoms in total. The fourth-order valence-corrected chi connectivity index (χ4v) is 4.21. The first-order chi connectivity index (χ1) is 13.1. The van der Waals surface area contributed by atoms with Gasteiger partial charge >= 0.3 is 5.97 Å². The smallest absolute Gasteiger partial charge is 0.307 e. The summed E-state index contributed by atoms with van der Waals surface area (Å²) in [7, 11) is 1.63. The lowest BCUT2D eigenvalue weighted by Crippen LogP contribution is -2.42. The van der Waals surface area contributed by atoms with Crippen LogP contribution in [0, 0.1) is 5.92 Å². The molecular formula is C20H23N3O4. The predicted molar refractivity (Wildman–Crippen MR) is 97.8 cm³/mol. The Bertz CT molecular complexity index is 837. The quantitative estimate of drug-likeness (QED) is 0.790. The Labute approximate surface area is 157 Å². The Morgan fingerprint density at radius 1 is 1.33 bits per heavy atom. The zero-order chi connectivity index (χ0) is 18.9. The lowest BCUT2D eigenvalue weighted by Gasteiger charge is -2.27. The zero-order valence-corrected chi connectivity index (χ0v) is 15.3. The summed E-state index contributed by atoms with van der Waals surface area (Å²) in [6.45, 7) is 0.345. The summed E-state index contributed by atoms with van der Waals surface area (Å²) in [6.07, 6.45) is 5.43. The van der Waals surface area contributed by atoms with Crippen molar-refractivity contribution >= 4 is 11.9 Å². The third-order valence-corrected chi connectivity index (χ3v) is 5.64. The fraction of sp³-hybridized carbons (Fsp3) is 0.450. The highest BCUT2D eigenvalue weighted by Gasteiger charge is 2.53. The number of aromatic nitrogens is 2. The molecule has 2 fully saturated rings. The highest BCUT2D eigenvalue weighted by molar-refractivity contribution is 5.88. The van der Waals surface area contributed by atoms with E-state index in [2.05, 4.69) is 15.5 Å². The molecule has 0 radical (unpaired) electrons. The van der Waals surface area contributed by atoms with Crippen molar-refractivity contribution in [1.29, 1.82) is 0 Å². The number of carbonyl (C=O) groups is 2. The summed E-state index contributed by atoms with van der Waals surface area (Å²) in [5, 5.41) is 10.1. The first-order valence-electron chi connectivity index (χ1n) is 9.27. The number of H-pyrrole nitrogens is 1. The molecule has 1 aromatic carbocycles. The van der Waals surface area contributed by atoms with Gasteiger partial charge in [0.15, 0.2) is 0 Å². The van der Waals surface area contributed by atoms with E-state index in [0.29, 0.717) is 6.54 Å². The highest BCUT2D eigenvalue weighted by Crippen LogP contribution is 2.45. The van der Waals surface area contributed by atoms with Gasteiger partial charge in [-0.25, -0.2) is 0 Å². The van der Waals surface area contributed by atoms with Gasteiger partial charge in [0, 0.05) is 17.7 Å². The van der Waals surface area contributed by atoms with Gasteiger partial charge in [0.25, 0.3) is 0 Å². The van der Waals surface area contributed by atoms with Gasteiger partial charge in [-0.3, -0.25) is 14.7 Å². The molecule has 2 heterocycles. The molecule has 1 amide bonds. The number of aromatic amines is 1. The number of nitrogens with zero attached hydrogens (tertiary/aromatic N) is 1. The van der Waals surface area contributed by atoms with Crippen molar-refractivity contribution in [3.63, 3.8) is 0 Å². The van der Waals surface area contributed by atoms with Crippen LogP contribution < -0.4 is 10.1 Å². The van der Waals surface area contributed by atoms with Crippen LogP contribution in [0.3, 0.4) is 0 Å². The molecule has 2 aliphatic rings. The van der Waals surface area contributed by atoms with Gasteiger partial charge in [-0.1, -0.05) is 0 Å². The van der Waals surface area contributed by atoms with Gasteiger partial charge < -0.3 is 14.8 Å². The number of amides is 1. The van der Waals surface area contributed by atoms with E-state index >= 15 is 0 Å². The van der Waals surface area contributed by atoms with E-state index in [-0.39, 0.29) is 18.3 Å². The molecule has 142 valence electrons. The molecule has 27 heavy (non-hydrogen) atoms. The zero-order valence-electron chi connectivity index (χ0n) is 15.3. The normalized spacial score (nSPS) is 20.6. The van der Waals surface area contributed by atoms with E-state index in [0.717, 1.165) is 48.3 Å². The Morgan fingerprint density at radius 3 is 2.78 bits per heavy atom. The number of ether oxygens (including phenoxy) is 2. The lowest BCUT2D eigenvalue weighted by molar-refractivity contribution is -0.149. The van der Waals surface area contributed by atoms with Crippen LogP contribution in [-0.4, -0.2) is 34.8 Å². The Hall–Kier alpha value is -2.83. The fourth-order valence-electron chi connectivity index (χ4n) is 4.21. The first-order valence-corrected chi connectivity index (χ1v) is 9.27. The highest BCUT2D eigenvalue weighted by atomic mass is 16.6. The minimum absolute atomic E-state index is 0.121. The van der Waals surface area contributed by atoms with Crippen LogP contribution in [0.5, 0.6) is 5.75 Å². The minimum atomic E-state index is -0.587. The van der Waals surface area contributed by atoms with Crippen LogP contribution in [0.2, 0.25) is 0 Å². The van der Waals surface area contributed by atoms with E-state index in [9.17, 15) is 9.59 Å². The Morgan fingerprint density at radius 2 is 2.07 bits per heavy atom. The van der Waals surface area contributed by atoms with Crippen molar-refractivity contribution in [1.82, 2.24) is 15.5 Å². The van der Waals surface area contributed by atoms with E-state index in [1.165, 1.54) is 0 Å². The molecule has 1 aliphatic heterocycles. The number of hydrogen-bond acceptors (Lipinski definition) is 5. The number of benzene rings is 1. The molecule has 1 aromatic heterocycles. The van der Waals surface area contributed by atoms with Crippen LogP contribution in [0.15, 0.2) is 30.5 Å². The molecule has 1 aliphatic carbocycles. The maximum atomic E-state index is 12.8. The van der Waals surface area contributed by atoms with E-state index < -0.39 is 11.5 Å². The van der Waals surface area contributed by atoms with Gasteiger partial charge in [0.05, 0.1) is 31.3 Å². The average Bonchev–Trinajstić information content (AvgIpc) is 3.41. The topological polar surface area (TPSA) is 93.3 Å². The largest absolute Gasteiger partial charge is 0.497 e. The third kappa shape index (κ3) is 3.29. The summed E-state index contributed by atoms with van der Waals surface area (Å²) in [5.74, 6) is -0.00590. The van der Waals surface area contributed by atoms with E-state index in [1.54, 1.807) is 13.3 Å². The van der Waals surface area contributed by atoms with Crippen molar-refractivity contribution in [3.05, 3.63) is 36.0 Å². The van der Waals surface area contributed by atoms with Gasteiger partial charge in [0.2, 0.25) is 5.91 Å². The van der Waals surface area contributed by atoms with Gasteiger partial charge in [-0.05, 0) is 49.9 Å². The molecule has 1 atom stereocenters. The second-order valence-electron chi connectivity index (χ2n) is 7.22. The van der Waals surface area contributed by atoms with Gasteiger partial charge in [0.1, 0.15) is 11.4 Å². The van der Waals surface area contributed by atoms with Crippen LogP contribution in [0.1, 0.15) is 37.7 Å². The third-order valence-electron chi connectivity index (χ3n) is 5.64. The van der Waals surface area contributed by atoms with Crippen molar-refractivity contribution in [2.75, 3.05) is 7.11 Å². The number of carbonyl (C=O) groups excluding carboxylic acids is 2.